The fourth-order valence-corrected chi connectivity index (χ4v) is 1.46. The molecule has 1 fully saturated rings. The van der Waals surface area contributed by atoms with Crippen LogP contribution in [-0.2, 0) is 0 Å². The first-order valence-corrected chi connectivity index (χ1v) is 4.96. The molecule has 0 spiro atoms. The number of carbonyl (C=O) groups is 1. The van der Waals surface area contributed by atoms with Crippen LogP contribution in [0.2, 0.25) is 0 Å². The number of aryl methyl sites for hydroxylation is 1. The van der Waals surface area contributed by atoms with E-state index in [1.54, 1.807) is 4.90 Å². The molecule has 0 atom stereocenters. The number of carbonyl (C=O) groups excluding carboxylic acids is 1. The summed E-state index contributed by atoms with van der Waals surface area (Å²) in [6.07, 6.45) is -0.353. The Morgan fingerprint density at radius 1 is 1.40 bits per heavy atom. The van der Waals surface area contributed by atoms with Crippen LogP contribution in [0.5, 0.6) is 0 Å². The first-order chi connectivity index (χ1) is 7.15. The van der Waals surface area contributed by atoms with Gasteiger partial charge in [0.05, 0.1) is 19.2 Å². The molecule has 2 amide bonds. The molecule has 2 N–H and O–H groups in total. The fraction of sp³-hybridized carbons (Fsp3) is 0.364. The Morgan fingerprint density at radius 2 is 2.00 bits per heavy atom. The molecular formula is C11H14N2O2. The molecule has 0 unspecified atom stereocenters. The molecule has 1 aromatic carbocycles. The molecule has 1 saturated heterocycles. The van der Waals surface area contributed by atoms with E-state index in [-0.39, 0.29) is 12.1 Å². The molecule has 0 saturated carbocycles. The second-order valence-electron chi connectivity index (χ2n) is 3.85. The minimum atomic E-state index is -0.353. The summed E-state index contributed by atoms with van der Waals surface area (Å²) in [6, 6.07) is 7.47. The molecule has 1 aliphatic heterocycles. The van der Waals surface area contributed by atoms with E-state index in [1.165, 1.54) is 0 Å². The number of nitrogens with zero attached hydrogens (tertiary/aromatic N) is 1. The number of nitrogens with one attached hydrogen (secondary N) is 1. The summed E-state index contributed by atoms with van der Waals surface area (Å²) >= 11 is 0. The van der Waals surface area contributed by atoms with Crippen molar-refractivity contribution in [3.63, 3.8) is 0 Å². The highest BCUT2D eigenvalue weighted by Gasteiger charge is 2.28. The van der Waals surface area contributed by atoms with Crippen molar-refractivity contribution in [1.29, 1.82) is 0 Å². The van der Waals surface area contributed by atoms with Gasteiger partial charge in [-0.2, -0.15) is 0 Å². The molecule has 4 heteroatoms. The Bertz CT molecular complexity index is 355. The number of anilines is 1. The van der Waals surface area contributed by atoms with Gasteiger partial charge in [0, 0.05) is 5.69 Å². The highest BCUT2D eigenvalue weighted by molar-refractivity contribution is 5.89. The highest BCUT2D eigenvalue weighted by Crippen LogP contribution is 2.12. The van der Waals surface area contributed by atoms with Gasteiger partial charge in [0.15, 0.2) is 0 Å². The van der Waals surface area contributed by atoms with Gasteiger partial charge in [-0.1, -0.05) is 17.7 Å². The third-order valence-corrected chi connectivity index (χ3v) is 2.45. The van der Waals surface area contributed by atoms with Gasteiger partial charge in [-0.05, 0) is 19.1 Å². The van der Waals surface area contributed by atoms with Gasteiger partial charge in [0.1, 0.15) is 0 Å². The number of urea groups is 1. The Balaban J connectivity index is 1.91. The Kier molecular flexibility index (Phi) is 2.60. The molecule has 2 rings (SSSR count). The molecule has 80 valence electrons. The van der Waals surface area contributed by atoms with Crippen molar-refractivity contribution in [1.82, 2.24) is 4.90 Å². The van der Waals surface area contributed by atoms with Crippen LogP contribution in [0.25, 0.3) is 0 Å². The van der Waals surface area contributed by atoms with E-state index >= 15 is 0 Å². The van der Waals surface area contributed by atoms with Crippen LogP contribution in [-0.4, -0.2) is 35.2 Å². The summed E-state index contributed by atoms with van der Waals surface area (Å²) in [5, 5.41) is 11.8. The van der Waals surface area contributed by atoms with Crippen LogP contribution in [0.4, 0.5) is 10.5 Å². The van der Waals surface area contributed by atoms with Crippen molar-refractivity contribution >= 4 is 11.7 Å². The molecule has 4 nitrogen and oxygen atoms in total. The standard InChI is InChI=1S/C11H14N2O2/c1-8-2-4-9(5-3-8)12-11(15)13-6-10(14)7-13/h2-5,10,14H,6-7H2,1H3,(H,12,15). The van der Waals surface area contributed by atoms with E-state index in [0.29, 0.717) is 13.1 Å². The maximum atomic E-state index is 11.5. The monoisotopic (exact) mass is 206 g/mol. The second-order valence-corrected chi connectivity index (χ2v) is 3.85. The van der Waals surface area contributed by atoms with Crippen molar-refractivity contribution in [3.8, 4) is 0 Å². The number of β-amino-alcohol motifs (C(OH)–C–C–N with tert-alkyl or cyclic N) is 1. The number of rotatable bonds is 1. The number of amides is 2. The SMILES string of the molecule is Cc1ccc(NC(=O)N2CC(O)C2)cc1. The number of aliphatic hydroxyl groups is 1. The lowest BCUT2D eigenvalue weighted by molar-refractivity contribution is 0.0309. The number of benzene rings is 1. The van der Waals surface area contributed by atoms with Crippen LogP contribution >= 0.6 is 0 Å². The van der Waals surface area contributed by atoms with E-state index in [2.05, 4.69) is 5.32 Å². The predicted molar refractivity (Wildman–Crippen MR) is 57.8 cm³/mol. The average Bonchev–Trinajstić information content (AvgIpc) is 2.17. The van der Waals surface area contributed by atoms with Crippen LogP contribution < -0.4 is 5.32 Å². The Hall–Kier alpha value is -1.55. The van der Waals surface area contributed by atoms with E-state index in [0.717, 1.165) is 11.3 Å². The van der Waals surface area contributed by atoms with E-state index in [4.69, 9.17) is 5.11 Å². The minimum absolute atomic E-state index is 0.149. The zero-order valence-corrected chi connectivity index (χ0v) is 8.60. The smallest absolute Gasteiger partial charge is 0.322 e. The van der Waals surface area contributed by atoms with E-state index in [1.807, 2.05) is 31.2 Å². The molecule has 1 aliphatic rings. The number of hydrogen-bond acceptors (Lipinski definition) is 2. The highest BCUT2D eigenvalue weighted by atomic mass is 16.3. The van der Waals surface area contributed by atoms with Gasteiger partial charge in [-0.3, -0.25) is 0 Å². The largest absolute Gasteiger partial charge is 0.389 e. The third kappa shape index (κ3) is 2.27. The lowest BCUT2D eigenvalue weighted by Crippen LogP contribution is -2.54. The molecule has 15 heavy (non-hydrogen) atoms. The zero-order chi connectivity index (χ0) is 10.8. The van der Waals surface area contributed by atoms with Crippen LogP contribution in [0.15, 0.2) is 24.3 Å². The summed E-state index contributed by atoms with van der Waals surface area (Å²) < 4.78 is 0. The number of hydrogen-bond donors (Lipinski definition) is 2. The van der Waals surface area contributed by atoms with Crippen molar-refractivity contribution in [2.45, 2.75) is 13.0 Å². The first-order valence-electron chi connectivity index (χ1n) is 4.96. The summed E-state index contributed by atoms with van der Waals surface area (Å²) in [6.45, 7) is 2.85. The summed E-state index contributed by atoms with van der Waals surface area (Å²) in [5.74, 6) is 0. The van der Waals surface area contributed by atoms with Gasteiger partial charge in [0.2, 0.25) is 0 Å². The third-order valence-electron chi connectivity index (χ3n) is 2.45. The second kappa shape index (κ2) is 3.90. The van der Waals surface area contributed by atoms with E-state index in [9.17, 15) is 4.79 Å². The van der Waals surface area contributed by atoms with Gasteiger partial charge in [-0.15, -0.1) is 0 Å². The quantitative estimate of drug-likeness (QED) is 0.725. The van der Waals surface area contributed by atoms with Gasteiger partial charge < -0.3 is 15.3 Å². The fourth-order valence-electron chi connectivity index (χ4n) is 1.46. The first kappa shape index (κ1) is 9.98. The van der Waals surface area contributed by atoms with Crippen molar-refractivity contribution in [3.05, 3.63) is 29.8 Å². The molecule has 1 aromatic rings. The van der Waals surface area contributed by atoms with Crippen LogP contribution in [0, 0.1) is 6.92 Å². The molecule has 0 bridgehead atoms. The topological polar surface area (TPSA) is 52.6 Å². The normalized spacial score (nSPS) is 16.0. The molecule has 0 aliphatic carbocycles. The lowest BCUT2D eigenvalue weighted by Gasteiger charge is -2.35. The molecule has 0 radical (unpaired) electrons. The number of likely N-dealkylation sites (tertiary alicyclic amines) is 1. The Morgan fingerprint density at radius 3 is 2.53 bits per heavy atom. The summed E-state index contributed by atoms with van der Waals surface area (Å²) in [4.78, 5) is 13.1. The predicted octanol–water partition coefficient (Wildman–Crippen LogP) is 1.20. The van der Waals surface area contributed by atoms with Gasteiger partial charge >= 0.3 is 6.03 Å². The Labute approximate surface area is 88.5 Å². The maximum absolute atomic E-state index is 11.5. The van der Waals surface area contributed by atoms with E-state index < -0.39 is 0 Å². The minimum Gasteiger partial charge on any atom is -0.389 e. The van der Waals surface area contributed by atoms with Crippen molar-refractivity contribution < 1.29 is 9.90 Å². The van der Waals surface area contributed by atoms with Crippen LogP contribution in [0.1, 0.15) is 5.56 Å². The van der Waals surface area contributed by atoms with Gasteiger partial charge in [-0.25, -0.2) is 4.79 Å². The van der Waals surface area contributed by atoms with Gasteiger partial charge in [0.25, 0.3) is 0 Å². The molecule has 1 heterocycles. The molecular weight excluding hydrogens is 192 g/mol. The van der Waals surface area contributed by atoms with Crippen LogP contribution in [0.3, 0.4) is 0 Å². The number of aliphatic hydroxyl groups excluding tert-OH is 1. The summed E-state index contributed by atoms with van der Waals surface area (Å²) in [5.41, 5.74) is 1.94. The zero-order valence-electron chi connectivity index (χ0n) is 8.60. The molecule has 0 aromatic heterocycles. The van der Waals surface area contributed by atoms with Crippen molar-refractivity contribution in [2.24, 2.45) is 0 Å². The average molecular weight is 206 g/mol. The maximum Gasteiger partial charge on any atom is 0.322 e. The van der Waals surface area contributed by atoms with Crippen molar-refractivity contribution in [2.75, 3.05) is 18.4 Å². The lowest BCUT2D eigenvalue weighted by atomic mass is 10.2. The summed E-state index contributed by atoms with van der Waals surface area (Å²) in [7, 11) is 0.